The fourth-order valence-corrected chi connectivity index (χ4v) is 6.51. The van der Waals surface area contributed by atoms with Crippen LogP contribution in [0.3, 0.4) is 0 Å². The van der Waals surface area contributed by atoms with Gasteiger partial charge in [-0.2, -0.15) is 4.31 Å². The average Bonchev–Trinajstić information content (AvgIpc) is 3.30. The van der Waals surface area contributed by atoms with Crippen LogP contribution in [0.15, 0.2) is 53.4 Å². The van der Waals surface area contributed by atoms with Gasteiger partial charge in [-0.3, -0.25) is 0 Å². The number of hydrogen-bond acceptors (Lipinski definition) is 4. The molecule has 7 heteroatoms. The quantitative estimate of drug-likeness (QED) is 0.678. The Balaban J connectivity index is 1.47. The molecule has 1 unspecified atom stereocenters. The van der Waals surface area contributed by atoms with E-state index >= 15 is 0 Å². The van der Waals surface area contributed by atoms with Gasteiger partial charge in [-0.25, -0.2) is 8.42 Å². The Bertz CT molecular complexity index is 1190. The zero-order valence-electron chi connectivity index (χ0n) is 16.9. The van der Waals surface area contributed by atoms with E-state index in [0.717, 1.165) is 60.3 Å². The number of nitrogens with one attached hydrogen (secondary N) is 2. The predicted octanol–water partition coefficient (Wildman–Crippen LogP) is 3.17. The molecule has 3 fully saturated rings. The molecule has 156 valence electrons. The molecular formula is C23H26N4O2S. The maximum absolute atomic E-state index is 13.1. The molecule has 0 amide bonds. The van der Waals surface area contributed by atoms with Crippen LogP contribution in [0.2, 0.25) is 0 Å². The van der Waals surface area contributed by atoms with E-state index in [9.17, 15) is 8.42 Å². The van der Waals surface area contributed by atoms with Crippen molar-refractivity contribution >= 4 is 26.6 Å². The van der Waals surface area contributed by atoms with Crippen LogP contribution in [-0.2, 0) is 10.0 Å². The SMILES string of the molecule is O=S(=O)(c1ccc(N2CCC3(CCN3)C2)c(-c2cc3ccccc3[nH]2)c1)N1CCC1. The molecule has 30 heavy (non-hydrogen) atoms. The third kappa shape index (κ3) is 2.80. The number of nitrogens with zero attached hydrogens (tertiary/aromatic N) is 2. The summed E-state index contributed by atoms with van der Waals surface area (Å²) in [6.45, 7) is 4.28. The van der Waals surface area contributed by atoms with Gasteiger partial charge in [0.05, 0.1) is 4.90 Å². The van der Waals surface area contributed by atoms with Crippen molar-refractivity contribution in [3.8, 4) is 11.3 Å². The van der Waals surface area contributed by atoms with Gasteiger partial charge in [0.1, 0.15) is 0 Å². The maximum Gasteiger partial charge on any atom is 0.243 e. The second-order valence-corrected chi connectivity index (χ2v) is 10.8. The molecule has 1 aromatic heterocycles. The number of aromatic amines is 1. The second-order valence-electron chi connectivity index (χ2n) is 8.84. The van der Waals surface area contributed by atoms with Crippen molar-refractivity contribution in [2.45, 2.75) is 29.7 Å². The molecule has 2 N–H and O–H groups in total. The third-order valence-electron chi connectivity index (χ3n) is 7.04. The number of aromatic nitrogens is 1. The monoisotopic (exact) mass is 422 g/mol. The van der Waals surface area contributed by atoms with Gasteiger partial charge in [0.15, 0.2) is 0 Å². The number of fused-ring (bicyclic) bond motifs is 1. The maximum atomic E-state index is 13.1. The van der Waals surface area contributed by atoms with Crippen molar-refractivity contribution in [3.63, 3.8) is 0 Å². The van der Waals surface area contributed by atoms with Crippen molar-refractivity contribution in [2.24, 2.45) is 0 Å². The van der Waals surface area contributed by atoms with Gasteiger partial charge in [-0.05, 0) is 56.1 Å². The Hall–Kier alpha value is -2.35. The summed E-state index contributed by atoms with van der Waals surface area (Å²) in [5.74, 6) is 0. The summed E-state index contributed by atoms with van der Waals surface area (Å²) in [6.07, 6.45) is 3.29. The molecule has 3 aliphatic heterocycles. The van der Waals surface area contributed by atoms with Crippen molar-refractivity contribution in [1.29, 1.82) is 0 Å². The normalized spacial score (nSPS) is 24.3. The summed E-state index contributed by atoms with van der Waals surface area (Å²) in [5, 5.41) is 4.75. The molecule has 1 spiro atoms. The summed E-state index contributed by atoms with van der Waals surface area (Å²) in [6, 6.07) is 16.0. The highest BCUT2D eigenvalue weighted by Gasteiger charge is 2.43. The predicted molar refractivity (Wildman–Crippen MR) is 119 cm³/mol. The summed E-state index contributed by atoms with van der Waals surface area (Å²) in [7, 11) is -3.43. The minimum absolute atomic E-state index is 0.236. The highest BCUT2D eigenvalue weighted by atomic mass is 32.2. The van der Waals surface area contributed by atoms with Crippen molar-refractivity contribution < 1.29 is 8.42 Å². The Morgan fingerprint density at radius 3 is 2.47 bits per heavy atom. The highest BCUT2D eigenvalue weighted by molar-refractivity contribution is 7.89. The lowest BCUT2D eigenvalue weighted by molar-refractivity contribution is 0.235. The molecule has 1 atom stereocenters. The first-order valence-corrected chi connectivity index (χ1v) is 12.2. The first-order chi connectivity index (χ1) is 14.5. The third-order valence-corrected chi connectivity index (χ3v) is 8.93. The first kappa shape index (κ1) is 18.4. The van der Waals surface area contributed by atoms with Crippen LogP contribution < -0.4 is 10.2 Å². The average molecular weight is 423 g/mol. The molecule has 3 aromatic rings. The zero-order valence-corrected chi connectivity index (χ0v) is 17.7. The number of hydrogen-bond donors (Lipinski definition) is 2. The zero-order chi connectivity index (χ0) is 20.3. The molecular weight excluding hydrogens is 396 g/mol. The van der Waals surface area contributed by atoms with E-state index in [4.69, 9.17) is 0 Å². The van der Waals surface area contributed by atoms with Gasteiger partial charge in [0.2, 0.25) is 10.0 Å². The van der Waals surface area contributed by atoms with Gasteiger partial charge in [0.25, 0.3) is 0 Å². The van der Waals surface area contributed by atoms with E-state index in [2.05, 4.69) is 33.4 Å². The lowest BCUT2D eigenvalue weighted by Gasteiger charge is -2.40. The lowest BCUT2D eigenvalue weighted by Crippen LogP contribution is -2.58. The molecule has 3 aliphatic rings. The van der Waals surface area contributed by atoms with E-state index in [1.54, 1.807) is 10.4 Å². The van der Waals surface area contributed by atoms with Crippen LogP contribution in [0, 0.1) is 0 Å². The van der Waals surface area contributed by atoms with Crippen LogP contribution in [-0.4, -0.2) is 56.0 Å². The Morgan fingerprint density at radius 1 is 0.967 bits per heavy atom. The minimum Gasteiger partial charge on any atom is -0.369 e. The summed E-state index contributed by atoms with van der Waals surface area (Å²) >= 11 is 0. The molecule has 3 saturated heterocycles. The van der Waals surface area contributed by atoms with Gasteiger partial charge in [-0.1, -0.05) is 18.2 Å². The fraction of sp³-hybridized carbons (Fsp3) is 0.391. The molecule has 6 rings (SSSR count). The van der Waals surface area contributed by atoms with Gasteiger partial charge >= 0.3 is 0 Å². The Morgan fingerprint density at radius 2 is 1.80 bits per heavy atom. The largest absolute Gasteiger partial charge is 0.369 e. The van der Waals surface area contributed by atoms with E-state index in [1.165, 1.54) is 6.42 Å². The minimum atomic E-state index is -3.43. The van der Waals surface area contributed by atoms with Gasteiger partial charge in [0, 0.05) is 59.6 Å². The number of sulfonamides is 1. The fourth-order valence-electron chi connectivity index (χ4n) is 4.97. The van der Waals surface area contributed by atoms with Crippen LogP contribution >= 0.6 is 0 Å². The summed E-state index contributed by atoms with van der Waals surface area (Å²) < 4.78 is 27.7. The molecule has 0 saturated carbocycles. The number of H-pyrrole nitrogens is 1. The number of benzene rings is 2. The van der Waals surface area contributed by atoms with E-state index in [-0.39, 0.29) is 5.54 Å². The van der Waals surface area contributed by atoms with E-state index in [1.807, 2.05) is 24.3 Å². The Labute approximate surface area is 176 Å². The first-order valence-electron chi connectivity index (χ1n) is 10.8. The molecule has 2 aromatic carbocycles. The van der Waals surface area contributed by atoms with E-state index in [0.29, 0.717) is 18.0 Å². The van der Waals surface area contributed by atoms with Crippen LogP contribution in [0.5, 0.6) is 0 Å². The topological polar surface area (TPSA) is 68.4 Å². The summed E-state index contributed by atoms with van der Waals surface area (Å²) in [4.78, 5) is 6.30. The lowest BCUT2D eigenvalue weighted by atomic mass is 9.87. The number of rotatable bonds is 4. The van der Waals surface area contributed by atoms with Gasteiger partial charge in [-0.15, -0.1) is 0 Å². The highest BCUT2D eigenvalue weighted by Crippen LogP contribution is 2.40. The molecule has 4 heterocycles. The molecule has 6 nitrogen and oxygen atoms in total. The smallest absolute Gasteiger partial charge is 0.243 e. The molecule has 0 bridgehead atoms. The van der Waals surface area contributed by atoms with Crippen LogP contribution in [0.4, 0.5) is 5.69 Å². The summed E-state index contributed by atoms with van der Waals surface area (Å²) in [5.41, 5.74) is 4.33. The second kappa shape index (κ2) is 6.57. The van der Waals surface area contributed by atoms with Crippen molar-refractivity contribution in [3.05, 3.63) is 48.5 Å². The molecule has 0 aliphatic carbocycles. The molecule has 0 radical (unpaired) electrons. The van der Waals surface area contributed by atoms with Crippen molar-refractivity contribution in [2.75, 3.05) is 37.6 Å². The van der Waals surface area contributed by atoms with Crippen LogP contribution in [0.25, 0.3) is 22.2 Å². The standard InChI is InChI=1S/C23H26N4O2S/c28-30(29,27-11-3-12-27)18-6-7-22(26-13-9-23(16-26)8-10-24-23)19(15-18)21-14-17-4-1-2-5-20(17)25-21/h1-2,4-7,14-15,24-25H,3,8-13,16H2. The Kier molecular flexibility index (Phi) is 4.04. The van der Waals surface area contributed by atoms with Gasteiger partial charge < -0.3 is 15.2 Å². The van der Waals surface area contributed by atoms with Crippen LogP contribution in [0.1, 0.15) is 19.3 Å². The number of para-hydroxylation sites is 1. The van der Waals surface area contributed by atoms with E-state index < -0.39 is 10.0 Å². The number of anilines is 1. The van der Waals surface area contributed by atoms with Crippen molar-refractivity contribution in [1.82, 2.24) is 14.6 Å².